The van der Waals surface area contributed by atoms with Gasteiger partial charge < -0.3 is 10.2 Å². The second-order valence-corrected chi connectivity index (χ2v) is 9.54. The van der Waals surface area contributed by atoms with Crippen molar-refractivity contribution in [2.24, 2.45) is 0 Å². The fourth-order valence-electron chi connectivity index (χ4n) is 2.15. The van der Waals surface area contributed by atoms with Crippen LogP contribution in [0.2, 0.25) is 0 Å². The van der Waals surface area contributed by atoms with Crippen LogP contribution in [0.1, 0.15) is 34.6 Å². The second-order valence-electron chi connectivity index (χ2n) is 5.55. The van der Waals surface area contributed by atoms with Crippen LogP contribution in [0.3, 0.4) is 0 Å². The van der Waals surface area contributed by atoms with E-state index in [0.717, 1.165) is 0 Å². The van der Waals surface area contributed by atoms with Crippen molar-refractivity contribution < 1.29 is 9.59 Å². The molecule has 0 aliphatic carbocycles. The van der Waals surface area contributed by atoms with Crippen LogP contribution in [0, 0.1) is 0 Å². The third-order valence-corrected chi connectivity index (χ3v) is 5.87. The van der Waals surface area contributed by atoms with Gasteiger partial charge in [0, 0.05) is 12.3 Å². The van der Waals surface area contributed by atoms with Crippen LogP contribution in [0.4, 0.5) is 0 Å². The quantitative estimate of drug-likeness (QED) is 0.789. The molecule has 1 N–H and O–H groups in total. The zero-order chi connectivity index (χ0) is 14.7. The Balaban J connectivity index is 2.77. The highest BCUT2D eigenvalue weighted by atomic mass is 32.2. The largest absolute Gasteiger partial charge is 0.341 e. The number of nitrogens with zero attached hydrogens (tertiary/aromatic N) is 1. The van der Waals surface area contributed by atoms with Crippen LogP contribution < -0.4 is 5.32 Å². The summed E-state index contributed by atoms with van der Waals surface area (Å²) in [5.41, 5.74) is 0.421. The number of piperazine rings is 1. The Morgan fingerprint density at radius 3 is 2.26 bits per heavy atom. The van der Waals surface area contributed by atoms with Gasteiger partial charge in [0.05, 0.1) is 0 Å². The van der Waals surface area contributed by atoms with Crippen molar-refractivity contribution in [3.8, 4) is 0 Å². The standard InChI is InChI=1S/C13H25N2O2PS/c1-7(2)18-13-11(16)14-10(12(17)15(13)6)9(5)19-8(3)4/h7-10,13,18H,1-6H3,(H,14,16). The van der Waals surface area contributed by atoms with Gasteiger partial charge in [0.1, 0.15) is 11.8 Å². The van der Waals surface area contributed by atoms with Gasteiger partial charge in [-0.3, -0.25) is 9.59 Å². The SMILES string of the molecule is CC(C)PC1C(=O)NC(C(C)SC(C)C)C(=O)N1C. The summed E-state index contributed by atoms with van der Waals surface area (Å²) in [6.45, 7) is 10.4. The van der Waals surface area contributed by atoms with E-state index in [-0.39, 0.29) is 22.8 Å². The predicted octanol–water partition coefficient (Wildman–Crippen LogP) is 1.89. The van der Waals surface area contributed by atoms with Gasteiger partial charge >= 0.3 is 0 Å². The molecule has 1 rings (SSSR count). The van der Waals surface area contributed by atoms with Crippen molar-refractivity contribution in [1.82, 2.24) is 10.2 Å². The lowest BCUT2D eigenvalue weighted by Crippen LogP contribution is -2.63. The summed E-state index contributed by atoms with van der Waals surface area (Å²) < 4.78 is 0. The molecule has 6 heteroatoms. The topological polar surface area (TPSA) is 49.4 Å². The minimum absolute atomic E-state index is 0.00432. The molecule has 1 aliphatic heterocycles. The molecule has 4 unspecified atom stereocenters. The van der Waals surface area contributed by atoms with E-state index in [1.54, 1.807) is 23.7 Å². The van der Waals surface area contributed by atoms with Crippen molar-refractivity contribution in [3.63, 3.8) is 0 Å². The summed E-state index contributed by atoms with van der Waals surface area (Å²) in [7, 11) is 2.20. The van der Waals surface area contributed by atoms with Gasteiger partial charge in [-0.2, -0.15) is 11.8 Å². The van der Waals surface area contributed by atoms with E-state index < -0.39 is 6.04 Å². The highest BCUT2D eigenvalue weighted by Crippen LogP contribution is 2.31. The zero-order valence-corrected chi connectivity index (χ0v) is 14.4. The van der Waals surface area contributed by atoms with Crippen LogP contribution in [0.25, 0.3) is 0 Å². The Morgan fingerprint density at radius 2 is 1.79 bits per heavy atom. The van der Waals surface area contributed by atoms with E-state index >= 15 is 0 Å². The van der Waals surface area contributed by atoms with E-state index in [0.29, 0.717) is 19.5 Å². The molecule has 4 nitrogen and oxygen atoms in total. The molecule has 0 bridgehead atoms. The molecular weight excluding hydrogens is 279 g/mol. The first-order valence-corrected chi connectivity index (χ1v) is 8.82. The Morgan fingerprint density at radius 1 is 1.21 bits per heavy atom. The molecule has 0 spiro atoms. The zero-order valence-electron chi connectivity index (χ0n) is 12.6. The fourth-order valence-corrected chi connectivity index (χ4v) is 4.56. The lowest BCUT2D eigenvalue weighted by molar-refractivity contribution is -0.144. The van der Waals surface area contributed by atoms with E-state index in [2.05, 4.69) is 33.0 Å². The summed E-state index contributed by atoms with van der Waals surface area (Å²) in [6.07, 6.45) is 0. The Bertz CT molecular complexity index is 350. The maximum Gasteiger partial charge on any atom is 0.247 e. The van der Waals surface area contributed by atoms with Crippen LogP contribution in [0.5, 0.6) is 0 Å². The Hall–Kier alpha value is -0.280. The number of hydrogen-bond acceptors (Lipinski definition) is 3. The lowest BCUT2D eigenvalue weighted by Gasteiger charge is -2.39. The van der Waals surface area contributed by atoms with Gasteiger partial charge in [0.25, 0.3) is 0 Å². The number of thioether (sulfide) groups is 1. The van der Waals surface area contributed by atoms with Crippen LogP contribution in [-0.4, -0.2) is 51.7 Å². The number of likely N-dealkylation sites (N-methyl/N-ethyl adjacent to an activating group) is 1. The molecule has 0 aromatic carbocycles. The van der Waals surface area contributed by atoms with Crippen molar-refractivity contribution in [1.29, 1.82) is 0 Å². The normalized spacial score (nSPS) is 26.6. The summed E-state index contributed by atoms with van der Waals surface area (Å²) in [5, 5.41) is 3.46. The molecular formula is C13H25N2O2PS. The molecule has 1 aliphatic rings. The number of hydrogen-bond donors (Lipinski definition) is 1. The minimum Gasteiger partial charge on any atom is -0.341 e. The van der Waals surface area contributed by atoms with Crippen molar-refractivity contribution in [3.05, 3.63) is 0 Å². The maximum absolute atomic E-state index is 12.4. The van der Waals surface area contributed by atoms with E-state index in [4.69, 9.17) is 0 Å². The molecule has 1 heterocycles. The Kier molecular flexibility index (Phi) is 6.13. The Labute approximate surface area is 122 Å². The second kappa shape index (κ2) is 6.94. The molecule has 1 saturated heterocycles. The number of carbonyl (C=O) groups excluding carboxylic acids is 2. The first-order valence-electron chi connectivity index (χ1n) is 6.72. The van der Waals surface area contributed by atoms with Gasteiger partial charge in [0.15, 0.2) is 0 Å². The molecule has 110 valence electrons. The smallest absolute Gasteiger partial charge is 0.247 e. The molecule has 1 fully saturated rings. The molecule has 0 saturated carbocycles. The number of carbonyl (C=O) groups is 2. The van der Waals surface area contributed by atoms with Crippen molar-refractivity contribution >= 4 is 32.2 Å². The fraction of sp³-hybridized carbons (Fsp3) is 0.846. The van der Waals surface area contributed by atoms with Crippen LogP contribution >= 0.6 is 20.3 Å². The number of amides is 2. The third kappa shape index (κ3) is 4.35. The predicted molar refractivity (Wildman–Crippen MR) is 84.1 cm³/mol. The molecule has 2 amide bonds. The average Bonchev–Trinajstić information content (AvgIpc) is 2.28. The average molecular weight is 304 g/mol. The van der Waals surface area contributed by atoms with Crippen LogP contribution in [-0.2, 0) is 9.59 Å². The summed E-state index contributed by atoms with van der Waals surface area (Å²) in [5.74, 6) is -0.256. The number of nitrogens with one attached hydrogen (secondary N) is 1. The maximum atomic E-state index is 12.4. The first kappa shape index (κ1) is 16.8. The van der Waals surface area contributed by atoms with Gasteiger partial charge in [-0.1, -0.05) is 43.2 Å². The third-order valence-electron chi connectivity index (χ3n) is 2.99. The molecule has 0 aromatic rings. The van der Waals surface area contributed by atoms with Crippen molar-refractivity contribution in [2.75, 3.05) is 7.05 Å². The van der Waals surface area contributed by atoms with E-state index in [1.807, 2.05) is 6.92 Å². The molecule has 19 heavy (non-hydrogen) atoms. The first-order chi connectivity index (χ1) is 8.73. The van der Waals surface area contributed by atoms with E-state index in [9.17, 15) is 9.59 Å². The highest BCUT2D eigenvalue weighted by molar-refractivity contribution is 8.00. The molecule has 0 radical (unpaired) electrons. The lowest BCUT2D eigenvalue weighted by atomic mass is 10.1. The van der Waals surface area contributed by atoms with Gasteiger partial charge in [0.2, 0.25) is 11.8 Å². The molecule has 4 atom stereocenters. The highest BCUT2D eigenvalue weighted by Gasteiger charge is 2.41. The minimum atomic E-state index is -0.391. The number of rotatable bonds is 5. The summed E-state index contributed by atoms with van der Waals surface area (Å²) >= 11 is 1.72. The monoisotopic (exact) mass is 304 g/mol. The van der Waals surface area contributed by atoms with Gasteiger partial charge in [-0.05, 0) is 10.9 Å². The molecule has 0 aromatic heterocycles. The van der Waals surface area contributed by atoms with Gasteiger partial charge in [-0.25, -0.2) is 0 Å². The van der Waals surface area contributed by atoms with Crippen LogP contribution in [0.15, 0.2) is 0 Å². The van der Waals surface area contributed by atoms with E-state index in [1.165, 1.54) is 0 Å². The summed E-state index contributed by atoms with van der Waals surface area (Å²) in [4.78, 5) is 26.2. The van der Waals surface area contributed by atoms with Gasteiger partial charge in [-0.15, -0.1) is 0 Å². The summed E-state index contributed by atoms with van der Waals surface area (Å²) in [6, 6.07) is -0.391. The van der Waals surface area contributed by atoms with Crippen molar-refractivity contribution in [2.45, 2.75) is 62.6 Å².